The first-order valence-corrected chi connectivity index (χ1v) is 7.16. The summed E-state index contributed by atoms with van der Waals surface area (Å²) in [6, 6.07) is 10.7. The second-order valence-electron chi connectivity index (χ2n) is 5.14. The second kappa shape index (κ2) is 7.84. The number of rotatable bonds is 6. The van der Waals surface area contributed by atoms with Crippen molar-refractivity contribution >= 4 is 17.6 Å². The lowest BCUT2D eigenvalue weighted by atomic mass is 10.2. The fourth-order valence-corrected chi connectivity index (χ4v) is 1.82. The highest BCUT2D eigenvalue weighted by Crippen LogP contribution is 2.13. The molecule has 4 N–H and O–H groups in total. The molecule has 0 fully saturated rings. The minimum absolute atomic E-state index is 0.265. The lowest BCUT2D eigenvalue weighted by Gasteiger charge is -2.07. The largest absolute Gasteiger partial charge is 0.459 e. The Morgan fingerprint density at radius 2 is 2.17 bits per heavy atom. The van der Waals surface area contributed by atoms with E-state index in [4.69, 9.17) is 10.2 Å². The predicted octanol–water partition coefficient (Wildman–Crippen LogP) is 2.51. The summed E-state index contributed by atoms with van der Waals surface area (Å²) in [6.45, 7) is 6.70. The summed E-state index contributed by atoms with van der Waals surface area (Å²) in [4.78, 5) is 16.2. The van der Waals surface area contributed by atoms with Crippen LogP contribution in [0.2, 0.25) is 0 Å². The minimum atomic E-state index is -0.293. The van der Waals surface area contributed by atoms with E-state index in [0.29, 0.717) is 24.7 Å². The maximum atomic E-state index is 11.9. The molecule has 0 saturated carbocycles. The van der Waals surface area contributed by atoms with Crippen LogP contribution in [0.1, 0.15) is 23.0 Å². The van der Waals surface area contributed by atoms with E-state index < -0.39 is 0 Å². The van der Waals surface area contributed by atoms with Gasteiger partial charge in [0.2, 0.25) is 0 Å². The first-order chi connectivity index (χ1) is 11.0. The van der Waals surface area contributed by atoms with Gasteiger partial charge < -0.3 is 20.8 Å². The van der Waals surface area contributed by atoms with E-state index in [1.165, 1.54) is 6.26 Å². The molecule has 0 radical (unpaired) electrons. The molecular formula is C17H20N4O2. The van der Waals surface area contributed by atoms with Crippen LogP contribution < -0.4 is 16.4 Å². The van der Waals surface area contributed by atoms with Crippen LogP contribution in [0.4, 0.5) is 5.69 Å². The van der Waals surface area contributed by atoms with Crippen molar-refractivity contribution < 1.29 is 9.21 Å². The van der Waals surface area contributed by atoms with E-state index in [2.05, 4.69) is 22.2 Å². The Morgan fingerprint density at radius 1 is 1.35 bits per heavy atom. The van der Waals surface area contributed by atoms with Gasteiger partial charge in [0.1, 0.15) is 0 Å². The highest BCUT2D eigenvalue weighted by Gasteiger charge is 2.08. The number of aliphatic imine (C=N–C) groups is 1. The fraction of sp³-hybridized carbons (Fsp3) is 0.176. The SMILES string of the molecule is C=C(C)CNC(N)=NCc1cccc(NC(=O)c2ccco2)c1. The van der Waals surface area contributed by atoms with Crippen LogP contribution >= 0.6 is 0 Å². The Hall–Kier alpha value is -3.02. The number of furan rings is 1. The maximum Gasteiger partial charge on any atom is 0.291 e. The minimum Gasteiger partial charge on any atom is -0.459 e. The number of nitrogens with zero attached hydrogens (tertiary/aromatic N) is 1. The maximum absolute atomic E-state index is 11.9. The van der Waals surface area contributed by atoms with Gasteiger partial charge in [-0.1, -0.05) is 24.3 Å². The van der Waals surface area contributed by atoms with Gasteiger partial charge in [-0.15, -0.1) is 0 Å². The number of benzene rings is 1. The zero-order valence-electron chi connectivity index (χ0n) is 13.0. The standard InChI is InChI=1S/C17H20N4O2/c1-12(2)10-19-17(18)20-11-13-5-3-6-14(9-13)21-16(22)15-7-4-8-23-15/h3-9H,1,10-11H2,2H3,(H,21,22)(H3,18,19,20). The Bertz CT molecular complexity index is 705. The topological polar surface area (TPSA) is 92.6 Å². The number of hydrogen-bond donors (Lipinski definition) is 3. The molecule has 6 heteroatoms. The van der Waals surface area contributed by atoms with Gasteiger partial charge in [-0.2, -0.15) is 0 Å². The molecule has 0 aliphatic carbocycles. The Balaban J connectivity index is 1.95. The average Bonchev–Trinajstić information content (AvgIpc) is 3.06. The van der Waals surface area contributed by atoms with Crippen molar-refractivity contribution in [3.63, 3.8) is 0 Å². The van der Waals surface area contributed by atoms with Gasteiger partial charge in [-0.05, 0) is 36.8 Å². The van der Waals surface area contributed by atoms with Crippen LogP contribution in [0.15, 0.2) is 64.2 Å². The lowest BCUT2D eigenvalue weighted by Crippen LogP contribution is -2.32. The van der Waals surface area contributed by atoms with Gasteiger partial charge in [0, 0.05) is 12.2 Å². The monoisotopic (exact) mass is 312 g/mol. The summed E-state index contributed by atoms with van der Waals surface area (Å²) < 4.78 is 5.06. The summed E-state index contributed by atoms with van der Waals surface area (Å²) in [7, 11) is 0. The fourth-order valence-electron chi connectivity index (χ4n) is 1.82. The third-order valence-corrected chi connectivity index (χ3v) is 2.93. The molecule has 6 nitrogen and oxygen atoms in total. The molecule has 23 heavy (non-hydrogen) atoms. The summed E-state index contributed by atoms with van der Waals surface area (Å²) in [5.41, 5.74) is 8.35. The number of hydrogen-bond acceptors (Lipinski definition) is 3. The van der Waals surface area contributed by atoms with Crippen LogP contribution in [0, 0.1) is 0 Å². The van der Waals surface area contributed by atoms with Gasteiger partial charge in [-0.3, -0.25) is 4.79 Å². The van der Waals surface area contributed by atoms with Crippen LogP contribution in [0.3, 0.4) is 0 Å². The third-order valence-electron chi connectivity index (χ3n) is 2.93. The summed E-state index contributed by atoms with van der Waals surface area (Å²) in [5.74, 6) is 0.331. The van der Waals surface area contributed by atoms with Crippen LogP contribution in [-0.4, -0.2) is 18.4 Å². The van der Waals surface area contributed by atoms with Crippen molar-refractivity contribution in [1.82, 2.24) is 5.32 Å². The number of nitrogens with two attached hydrogens (primary N) is 1. The molecule has 0 aliphatic heterocycles. The normalized spacial score (nSPS) is 11.1. The number of nitrogens with one attached hydrogen (secondary N) is 2. The Labute approximate surface area is 135 Å². The predicted molar refractivity (Wildman–Crippen MR) is 91.2 cm³/mol. The zero-order chi connectivity index (χ0) is 16.7. The van der Waals surface area contributed by atoms with Crippen molar-refractivity contribution in [2.45, 2.75) is 13.5 Å². The highest BCUT2D eigenvalue weighted by molar-refractivity contribution is 6.02. The van der Waals surface area contributed by atoms with Gasteiger partial charge in [0.15, 0.2) is 11.7 Å². The van der Waals surface area contributed by atoms with Crippen LogP contribution in [0.5, 0.6) is 0 Å². The van der Waals surface area contributed by atoms with E-state index in [9.17, 15) is 4.79 Å². The van der Waals surface area contributed by atoms with Crippen molar-refractivity contribution in [1.29, 1.82) is 0 Å². The molecule has 1 aromatic heterocycles. The molecule has 0 bridgehead atoms. The molecule has 1 aromatic carbocycles. The first kappa shape index (κ1) is 16.4. The van der Waals surface area contributed by atoms with Gasteiger partial charge in [0.25, 0.3) is 5.91 Å². The molecule has 1 amide bonds. The van der Waals surface area contributed by atoms with E-state index in [1.807, 2.05) is 25.1 Å². The second-order valence-corrected chi connectivity index (χ2v) is 5.14. The average molecular weight is 312 g/mol. The van der Waals surface area contributed by atoms with Crippen LogP contribution in [-0.2, 0) is 6.54 Å². The zero-order valence-corrected chi connectivity index (χ0v) is 13.0. The number of carbonyl (C=O) groups excluding carboxylic acids is 1. The van der Waals surface area contributed by atoms with Crippen molar-refractivity contribution in [2.75, 3.05) is 11.9 Å². The van der Waals surface area contributed by atoms with Gasteiger partial charge in [0.05, 0.1) is 12.8 Å². The van der Waals surface area contributed by atoms with Crippen molar-refractivity contribution in [2.24, 2.45) is 10.7 Å². The molecule has 0 unspecified atom stereocenters. The molecule has 0 aliphatic rings. The number of guanidine groups is 1. The number of anilines is 1. The molecule has 0 spiro atoms. The van der Waals surface area contributed by atoms with E-state index >= 15 is 0 Å². The summed E-state index contributed by atoms with van der Waals surface area (Å²) in [6.07, 6.45) is 1.46. The van der Waals surface area contributed by atoms with Crippen molar-refractivity contribution in [3.05, 3.63) is 66.1 Å². The molecule has 0 atom stereocenters. The highest BCUT2D eigenvalue weighted by atomic mass is 16.3. The lowest BCUT2D eigenvalue weighted by molar-refractivity contribution is 0.0996. The summed E-state index contributed by atoms with van der Waals surface area (Å²) >= 11 is 0. The number of carbonyl (C=O) groups is 1. The molecule has 2 aromatic rings. The van der Waals surface area contributed by atoms with Gasteiger partial charge in [-0.25, -0.2) is 4.99 Å². The van der Waals surface area contributed by atoms with Crippen molar-refractivity contribution in [3.8, 4) is 0 Å². The first-order valence-electron chi connectivity index (χ1n) is 7.16. The Kier molecular flexibility index (Phi) is 5.57. The van der Waals surface area contributed by atoms with E-state index in [-0.39, 0.29) is 11.7 Å². The molecule has 1 heterocycles. The smallest absolute Gasteiger partial charge is 0.291 e. The van der Waals surface area contributed by atoms with Gasteiger partial charge >= 0.3 is 0 Å². The Morgan fingerprint density at radius 3 is 2.87 bits per heavy atom. The number of amides is 1. The molecule has 2 rings (SSSR count). The van der Waals surface area contributed by atoms with Crippen LogP contribution in [0.25, 0.3) is 0 Å². The quantitative estimate of drug-likeness (QED) is 0.434. The summed E-state index contributed by atoms with van der Waals surface area (Å²) in [5, 5.41) is 5.74. The third kappa shape index (κ3) is 5.35. The molecule has 120 valence electrons. The van der Waals surface area contributed by atoms with E-state index in [0.717, 1.165) is 11.1 Å². The molecule has 0 saturated heterocycles. The molecular weight excluding hydrogens is 292 g/mol. The van der Waals surface area contributed by atoms with E-state index in [1.54, 1.807) is 18.2 Å².